The molecule has 0 spiro atoms. The van der Waals surface area contributed by atoms with E-state index in [0.717, 1.165) is 11.3 Å². The Morgan fingerprint density at radius 1 is 0.850 bits per heavy atom. The minimum Gasteiger partial charge on any atom is -0.299 e. The van der Waals surface area contributed by atoms with Gasteiger partial charge in [0, 0.05) is 17.1 Å². The van der Waals surface area contributed by atoms with Crippen LogP contribution in [0.25, 0.3) is 27.7 Å². The number of nitrogens with zero attached hydrogens (tertiary/aromatic N) is 2. The van der Waals surface area contributed by atoms with Crippen molar-refractivity contribution < 1.29 is 0 Å². The topological polar surface area (TPSA) is 17.3 Å². The SMILES string of the molecule is Cc1nc2c3ccccc3ccn2c1-c1ccccc1. The van der Waals surface area contributed by atoms with Gasteiger partial charge in [0.15, 0.2) is 0 Å². The molecule has 0 radical (unpaired) electrons. The molecule has 20 heavy (non-hydrogen) atoms. The van der Waals surface area contributed by atoms with E-state index < -0.39 is 0 Å². The zero-order chi connectivity index (χ0) is 13.5. The van der Waals surface area contributed by atoms with Crippen LogP contribution in [0.5, 0.6) is 0 Å². The number of benzene rings is 2. The number of imidazole rings is 1. The molecule has 4 aromatic rings. The largest absolute Gasteiger partial charge is 0.299 e. The zero-order valence-corrected chi connectivity index (χ0v) is 11.2. The van der Waals surface area contributed by atoms with Crippen molar-refractivity contribution in [3.05, 3.63) is 72.6 Å². The molecule has 0 N–H and O–H groups in total. The minimum absolute atomic E-state index is 1.03. The normalized spacial score (nSPS) is 11.2. The molecule has 0 saturated carbocycles. The van der Waals surface area contributed by atoms with Gasteiger partial charge in [-0.15, -0.1) is 0 Å². The van der Waals surface area contributed by atoms with Gasteiger partial charge in [-0.3, -0.25) is 4.40 Å². The Hall–Kier alpha value is -2.61. The Morgan fingerprint density at radius 2 is 1.60 bits per heavy atom. The number of aryl methyl sites for hydroxylation is 1. The summed E-state index contributed by atoms with van der Waals surface area (Å²) in [6.07, 6.45) is 2.11. The maximum Gasteiger partial charge on any atom is 0.145 e. The van der Waals surface area contributed by atoms with Crippen LogP contribution < -0.4 is 0 Å². The van der Waals surface area contributed by atoms with Crippen molar-refractivity contribution in [2.45, 2.75) is 6.92 Å². The predicted molar refractivity (Wildman–Crippen MR) is 82.9 cm³/mol. The molecule has 2 heteroatoms. The average Bonchev–Trinajstić information content (AvgIpc) is 2.84. The first-order chi connectivity index (χ1) is 9.84. The molecule has 4 rings (SSSR count). The highest BCUT2D eigenvalue weighted by Gasteiger charge is 2.12. The highest BCUT2D eigenvalue weighted by Crippen LogP contribution is 2.28. The van der Waals surface area contributed by atoms with Crippen molar-refractivity contribution in [3.8, 4) is 11.3 Å². The van der Waals surface area contributed by atoms with Gasteiger partial charge in [0.1, 0.15) is 5.65 Å². The minimum atomic E-state index is 1.03. The first kappa shape index (κ1) is 11.2. The molecule has 2 aromatic carbocycles. The summed E-state index contributed by atoms with van der Waals surface area (Å²) < 4.78 is 2.19. The third kappa shape index (κ3) is 1.55. The van der Waals surface area contributed by atoms with E-state index in [0.29, 0.717) is 0 Å². The van der Waals surface area contributed by atoms with E-state index in [9.17, 15) is 0 Å². The Morgan fingerprint density at radius 3 is 2.45 bits per heavy atom. The molecular weight excluding hydrogens is 244 g/mol. The number of aromatic nitrogens is 2. The molecule has 2 aromatic heterocycles. The summed E-state index contributed by atoms with van der Waals surface area (Å²) in [6.45, 7) is 2.07. The monoisotopic (exact) mass is 258 g/mol. The van der Waals surface area contributed by atoms with Crippen LogP contribution in [0.1, 0.15) is 5.69 Å². The van der Waals surface area contributed by atoms with Crippen molar-refractivity contribution in [2.75, 3.05) is 0 Å². The molecule has 2 nitrogen and oxygen atoms in total. The highest BCUT2D eigenvalue weighted by molar-refractivity contribution is 5.95. The van der Waals surface area contributed by atoms with E-state index >= 15 is 0 Å². The highest BCUT2D eigenvalue weighted by atomic mass is 15.0. The first-order valence-electron chi connectivity index (χ1n) is 6.76. The fourth-order valence-electron chi connectivity index (χ4n) is 2.83. The third-order valence-electron chi connectivity index (χ3n) is 3.74. The summed E-state index contributed by atoms with van der Waals surface area (Å²) in [5, 5.41) is 2.42. The molecule has 0 amide bonds. The van der Waals surface area contributed by atoms with Crippen LogP contribution in [0.4, 0.5) is 0 Å². The van der Waals surface area contributed by atoms with Gasteiger partial charge >= 0.3 is 0 Å². The lowest BCUT2D eigenvalue weighted by atomic mass is 10.1. The number of hydrogen-bond acceptors (Lipinski definition) is 1. The molecular formula is C18H14N2. The predicted octanol–water partition coefficient (Wildman–Crippen LogP) is 4.46. The van der Waals surface area contributed by atoms with Crippen molar-refractivity contribution in [3.63, 3.8) is 0 Å². The number of hydrogen-bond donors (Lipinski definition) is 0. The molecule has 0 bridgehead atoms. The van der Waals surface area contributed by atoms with E-state index in [-0.39, 0.29) is 0 Å². The lowest BCUT2D eigenvalue weighted by molar-refractivity contribution is 1.20. The van der Waals surface area contributed by atoms with E-state index in [1.54, 1.807) is 0 Å². The van der Waals surface area contributed by atoms with Gasteiger partial charge in [0.25, 0.3) is 0 Å². The summed E-state index contributed by atoms with van der Waals surface area (Å²) in [7, 11) is 0. The molecule has 0 saturated heterocycles. The van der Waals surface area contributed by atoms with E-state index in [1.165, 1.54) is 22.0 Å². The number of fused-ring (bicyclic) bond motifs is 3. The summed E-state index contributed by atoms with van der Waals surface area (Å²) in [6, 6.07) is 21.0. The van der Waals surface area contributed by atoms with Crippen molar-refractivity contribution in [2.24, 2.45) is 0 Å². The van der Waals surface area contributed by atoms with Gasteiger partial charge < -0.3 is 0 Å². The molecule has 0 fully saturated rings. The van der Waals surface area contributed by atoms with Crippen LogP contribution in [0.15, 0.2) is 66.9 Å². The molecule has 0 aliphatic rings. The number of rotatable bonds is 1. The zero-order valence-electron chi connectivity index (χ0n) is 11.2. The first-order valence-corrected chi connectivity index (χ1v) is 6.76. The molecule has 96 valence electrons. The van der Waals surface area contributed by atoms with Crippen LogP contribution in [0, 0.1) is 6.92 Å². The van der Waals surface area contributed by atoms with Crippen LogP contribution in [0.2, 0.25) is 0 Å². The van der Waals surface area contributed by atoms with Crippen molar-refractivity contribution in [1.82, 2.24) is 9.38 Å². The van der Waals surface area contributed by atoms with Gasteiger partial charge in [-0.2, -0.15) is 0 Å². The Labute approximate surface area is 117 Å². The second-order valence-electron chi connectivity index (χ2n) is 5.01. The van der Waals surface area contributed by atoms with E-state index in [4.69, 9.17) is 4.98 Å². The molecule has 0 aliphatic carbocycles. The summed E-state index contributed by atoms with van der Waals surface area (Å²) in [5.41, 5.74) is 4.46. The van der Waals surface area contributed by atoms with Gasteiger partial charge in [-0.25, -0.2) is 4.98 Å². The van der Waals surface area contributed by atoms with Gasteiger partial charge in [0.05, 0.1) is 11.4 Å². The molecule has 0 atom stereocenters. The van der Waals surface area contributed by atoms with E-state index in [1.807, 2.05) is 6.07 Å². The molecule has 0 aliphatic heterocycles. The van der Waals surface area contributed by atoms with Crippen LogP contribution in [-0.2, 0) is 0 Å². The van der Waals surface area contributed by atoms with Crippen molar-refractivity contribution in [1.29, 1.82) is 0 Å². The smallest absolute Gasteiger partial charge is 0.145 e. The standard InChI is InChI=1S/C18H14N2/c1-13-17(15-8-3-2-4-9-15)20-12-11-14-7-5-6-10-16(14)18(20)19-13/h2-12H,1H3. The summed E-state index contributed by atoms with van der Waals surface area (Å²) in [4.78, 5) is 4.78. The average molecular weight is 258 g/mol. The van der Waals surface area contributed by atoms with Crippen molar-refractivity contribution >= 4 is 16.4 Å². The van der Waals surface area contributed by atoms with Gasteiger partial charge in [0.2, 0.25) is 0 Å². The summed E-state index contributed by atoms with van der Waals surface area (Å²) >= 11 is 0. The molecule has 0 unspecified atom stereocenters. The van der Waals surface area contributed by atoms with Gasteiger partial charge in [-0.1, -0.05) is 54.6 Å². The second-order valence-corrected chi connectivity index (χ2v) is 5.01. The Bertz CT molecular complexity index is 905. The number of pyridine rings is 1. The lowest BCUT2D eigenvalue weighted by Crippen LogP contribution is -1.89. The fourth-order valence-corrected chi connectivity index (χ4v) is 2.83. The lowest BCUT2D eigenvalue weighted by Gasteiger charge is -2.05. The third-order valence-corrected chi connectivity index (χ3v) is 3.74. The van der Waals surface area contributed by atoms with Crippen LogP contribution in [-0.4, -0.2) is 9.38 Å². The Balaban J connectivity index is 2.13. The second kappa shape index (κ2) is 4.20. The molecule has 2 heterocycles. The Kier molecular flexibility index (Phi) is 2.36. The van der Waals surface area contributed by atoms with Gasteiger partial charge in [-0.05, 0) is 18.4 Å². The maximum absolute atomic E-state index is 4.78. The fraction of sp³-hybridized carbons (Fsp3) is 0.0556. The quantitative estimate of drug-likeness (QED) is 0.492. The summed E-state index contributed by atoms with van der Waals surface area (Å²) in [5.74, 6) is 0. The van der Waals surface area contributed by atoms with E-state index in [2.05, 4.69) is 72.1 Å². The van der Waals surface area contributed by atoms with Crippen LogP contribution in [0.3, 0.4) is 0 Å². The van der Waals surface area contributed by atoms with Crippen LogP contribution >= 0.6 is 0 Å². The maximum atomic E-state index is 4.78.